The predicted octanol–water partition coefficient (Wildman–Crippen LogP) is 2.37. The normalized spacial score (nSPS) is 18.0. The van der Waals surface area contributed by atoms with Crippen molar-refractivity contribution in [2.24, 2.45) is 5.73 Å². The Labute approximate surface area is 115 Å². The summed E-state index contributed by atoms with van der Waals surface area (Å²) in [6, 6.07) is 2.89. The largest absolute Gasteiger partial charge is 0.367 e. The summed E-state index contributed by atoms with van der Waals surface area (Å²) < 4.78 is 0. The molecule has 0 aromatic carbocycles. The summed E-state index contributed by atoms with van der Waals surface area (Å²) in [5.41, 5.74) is 5.55. The smallest absolute Gasteiger partial charge is 0.131 e. The van der Waals surface area contributed by atoms with Crippen LogP contribution in [0.2, 0.25) is 0 Å². The molecule has 1 heterocycles. The standard InChI is InChI=1S/C14H25N5/c1-11(7-8-15)18-13-9-14(17-10-16-13)19-12-5-3-2-4-6-12/h9-12H,2-8,15H2,1H3,(H2,16,17,18,19). The van der Waals surface area contributed by atoms with E-state index in [2.05, 4.69) is 27.5 Å². The van der Waals surface area contributed by atoms with Crippen LogP contribution < -0.4 is 16.4 Å². The Morgan fingerprint density at radius 3 is 2.74 bits per heavy atom. The van der Waals surface area contributed by atoms with E-state index in [9.17, 15) is 0 Å². The van der Waals surface area contributed by atoms with E-state index < -0.39 is 0 Å². The third kappa shape index (κ3) is 4.67. The van der Waals surface area contributed by atoms with Crippen molar-refractivity contribution in [2.75, 3.05) is 17.2 Å². The molecule has 0 bridgehead atoms. The van der Waals surface area contributed by atoms with Crippen molar-refractivity contribution in [2.45, 2.75) is 57.5 Å². The van der Waals surface area contributed by atoms with E-state index in [-0.39, 0.29) is 0 Å². The Balaban J connectivity index is 1.90. The Hall–Kier alpha value is -1.36. The Bertz CT molecular complexity index is 376. The first-order valence-corrected chi connectivity index (χ1v) is 7.33. The molecule has 1 aromatic heterocycles. The van der Waals surface area contributed by atoms with Gasteiger partial charge in [0.05, 0.1) is 0 Å². The van der Waals surface area contributed by atoms with E-state index in [0.717, 1.165) is 18.1 Å². The minimum Gasteiger partial charge on any atom is -0.367 e. The van der Waals surface area contributed by atoms with Crippen molar-refractivity contribution >= 4 is 11.6 Å². The highest BCUT2D eigenvalue weighted by Crippen LogP contribution is 2.21. The lowest BCUT2D eigenvalue weighted by atomic mass is 9.95. The second kappa shape index (κ2) is 7.28. The van der Waals surface area contributed by atoms with Crippen LogP contribution >= 0.6 is 0 Å². The Morgan fingerprint density at radius 1 is 1.26 bits per heavy atom. The molecule has 0 spiro atoms. The lowest BCUT2D eigenvalue weighted by molar-refractivity contribution is 0.462. The average molecular weight is 263 g/mol. The van der Waals surface area contributed by atoms with E-state index >= 15 is 0 Å². The van der Waals surface area contributed by atoms with Gasteiger partial charge in [0.1, 0.15) is 18.0 Å². The zero-order valence-electron chi connectivity index (χ0n) is 11.7. The van der Waals surface area contributed by atoms with Crippen molar-refractivity contribution in [3.05, 3.63) is 12.4 Å². The van der Waals surface area contributed by atoms with Crippen LogP contribution in [0, 0.1) is 0 Å². The first kappa shape index (κ1) is 14.1. The maximum absolute atomic E-state index is 5.55. The fourth-order valence-electron chi connectivity index (χ4n) is 2.55. The molecule has 1 aliphatic carbocycles. The predicted molar refractivity (Wildman–Crippen MR) is 79.3 cm³/mol. The minimum absolute atomic E-state index is 0.336. The summed E-state index contributed by atoms with van der Waals surface area (Å²) in [6.07, 6.45) is 9.05. The molecule has 5 nitrogen and oxygen atoms in total. The van der Waals surface area contributed by atoms with Crippen LogP contribution in [-0.4, -0.2) is 28.6 Å². The van der Waals surface area contributed by atoms with Gasteiger partial charge >= 0.3 is 0 Å². The van der Waals surface area contributed by atoms with Crippen LogP contribution in [0.25, 0.3) is 0 Å². The van der Waals surface area contributed by atoms with E-state index in [1.165, 1.54) is 32.1 Å². The number of anilines is 2. The highest BCUT2D eigenvalue weighted by Gasteiger charge is 2.13. The number of aromatic nitrogens is 2. The molecule has 1 saturated carbocycles. The van der Waals surface area contributed by atoms with Crippen molar-refractivity contribution < 1.29 is 0 Å². The SMILES string of the molecule is CC(CCN)Nc1cc(NC2CCCCC2)ncn1. The Morgan fingerprint density at radius 2 is 2.00 bits per heavy atom. The zero-order chi connectivity index (χ0) is 13.5. The van der Waals surface area contributed by atoms with Gasteiger partial charge < -0.3 is 16.4 Å². The van der Waals surface area contributed by atoms with Crippen LogP contribution in [0.3, 0.4) is 0 Å². The summed E-state index contributed by atoms with van der Waals surface area (Å²) in [4.78, 5) is 8.55. The molecule has 0 radical (unpaired) electrons. The highest BCUT2D eigenvalue weighted by molar-refractivity contribution is 5.47. The van der Waals surface area contributed by atoms with Crippen molar-refractivity contribution in [3.63, 3.8) is 0 Å². The van der Waals surface area contributed by atoms with Crippen LogP contribution in [0.4, 0.5) is 11.6 Å². The lowest BCUT2D eigenvalue weighted by Gasteiger charge is -2.23. The van der Waals surface area contributed by atoms with Gasteiger partial charge in [0.25, 0.3) is 0 Å². The summed E-state index contributed by atoms with van der Waals surface area (Å²) >= 11 is 0. The molecule has 1 aromatic rings. The van der Waals surface area contributed by atoms with Gasteiger partial charge in [-0.3, -0.25) is 0 Å². The molecule has 0 aliphatic heterocycles. The second-order valence-corrected chi connectivity index (χ2v) is 5.39. The topological polar surface area (TPSA) is 75.9 Å². The first-order valence-electron chi connectivity index (χ1n) is 7.33. The van der Waals surface area contributed by atoms with Gasteiger partial charge in [0.15, 0.2) is 0 Å². The molecule has 1 fully saturated rings. The van der Waals surface area contributed by atoms with Gasteiger partial charge in [0.2, 0.25) is 0 Å². The third-order valence-electron chi connectivity index (χ3n) is 3.62. The maximum atomic E-state index is 5.55. The molecular weight excluding hydrogens is 238 g/mol. The van der Waals surface area contributed by atoms with Gasteiger partial charge in [-0.1, -0.05) is 19.3 Å². The molecular formula is C14H25N5. The summed E-state index contributed by atoms with van der Waals surface area (Å²) in [6.45, 7) is 2.80. The third-order valence-corrected chi connectivity index (χ3v) is 3.62. The van der Waals surface area contributed by atoms with Crippen LogP contribution in [-0.2, 0) is 0 Å². The number of nitrogens with zero attached hydrogens (tertiary/aromatic N) is 2. The maximum Gasteiger partial charge on any atom is 0.131 e. The quantitative estimate of drug-likeness (QED) is 0.734. The van der Waals surface area contributed by atoms with Crippen molar-refractivity contribution in [1.29, 1.82) is 0 Å². The zero-order valence-corrected chi connectivity index (χ0v) is 11.7. The number of hydrogen-bond acceptors (Lipinski definition) is 5. The lowest BCUT2D eigenvalue weighted by Crippen LogP contribution is -2.23. The fraction of sp³-hybridized carbons (Fsp3) is 0.714. The number of hydrogen-bond donors (Lipinski definition) is 3. The van der Waals surface area contributed by atoms with Gasteiger partial charge in [-0.15, -0.1) is 0 Å². The number of nitrogens with one attached hydrogen (secondary N) is 2. The molecule has 1 unspecified atom stereocenters. The van der Waals surface area contributed by atoms with Gasteiger partial charge in [0, 0.05) is 18.2 Å². The molecule has 19 heavy (non-hydrogen) atoms. The van der Waals surface area contributed by atoms with Crippen LogP contribution in [0.15, 0.2) is 12.4 Å². The van der Waals surface area contributed by atoms with Crippen molar-refractivity contribution in [1.82, 2.24) is 9.97 Å². The van der Waals surface area contributed by atoms with E-state index in [1.807, 2.05) is 6.07 Å². The van der Waals surface area contributed by atoms with Crippen molar-refractivity contribution in [3.8, 4) is 0 Å². The average Bonchev–Trinajstić information content (AvgIpc) is 2.40. The molecule has 0 amide bonds. The van der Waals surface area contributed by atoms with E-state index in [0.29, 0.717) is 18.6 Å². The molecule has 1 atom stereocenters. The number of rotatable bonds is 6. The van der Waals surface area contributed by atoms with Gasteiger partial charge in [-0.25, -0.2) is 9.97 Å². The molecule has 106 valence electrons. The first-order chi connectivity index (χ1) is 9.28. The van der Waals surface area contributed by atoms with Gasteiger partial charge in [-0.2, -0.15) is 0 Å². The fourth-order valence-corrected chi connectivity index (χ4v) is 2.55. The van der Waals surface area contributed by atoms with Crippen LogP contribution in [0.1, 0.15) is 45.4 Å². The second-order valence-electron chi connectivity index (χ2n) is 5.39. The molecule has 1 aliphatic rings. The highest BCUT2D eigenvalue weighted by atomic mass is 15.1. The molecule has 2 rings (SSSR count). The Kier molecular flexibility index (Phi) is 5.39. The number of nitrogens with two attached hydrogens (primary N) is 1. The summed E-state index contributed by atoms with van der Waals surface area (Å²) in [7, 11) is 0. The summed E-state index contributed by atoms with van der Waals surface area (Å²) in [5.74, 6) is 1.79. The van der Waals surface area contributed by atoms with Gasteiger partial charge in [-0.05, 0) is 32.7 Å². The van der Waals surface area contributed by atoms with E-state index in [1.54, 1.807) is 6.33 Å². The molecule has 0 saturated heterocycles. The molecule has 5 heteroatoms. The summed E-state index contributed by atoms with van der Waals surface area (Å²) in [5, 5.41) is 6.86. The minimum atomic E-state index is 0.336. The van der Waals surface area contributed by atoms with Crippen LogP contribution in [0.5, 0.6) is 0 Å². The monoisotopic (exact) mass is 263 g/mol. The van der Waals surface area contributed by atoms with E-state index in [4.69, 9.17) is 5.73 Å². The molecule has 4 N–H and O–H groups in total.